The number of ether oxygens (including phenoxy) is 2. The highest BCUT2D eigenvalue weighted by Crippen LogP contribution is 2.34. The molecule has 0 saturated carbocycles. The first-order chi connectivity index (χ1) is 19.9. The molecule has 12 heteroatoms. The van der Waals surface area contributed by atoms with E-state index in [0.29, 0.717) is 56.5 Å². The zero-order valence-electron chi connectivity index (χ0n) is 22.8. The summed E-state index contributed by atoms with van der Waals surface area (Å²) in [5, 5.41) is 18.9. The lowest BCUT2D eigenvalue weighted by Gasteiger charge is -2.26. The van der Waals surface area contributed by atoms with Crippen molar-refractivity contribution in [3.05, 3.63) is 58.1 Å². The van der Waals surface area contributed by atoms with E-state index in [4.69, 9.17) is 9.47 Å². The minimum Gasteiger partial charge on any atom is -0.491 e. The maximum absolute atomic E-state index is 13.1. The summed E-state index contributed by atoms with van der Waals surface area (Å²) in [4.78, 5) is 32.7. The monoisotopic (exact) mass is 626 g/mol. The molecule has 3 aliphatic heterocycles. The lowest BCUT2D eigenvalue weighted by Crippen LogP contribution is -2.37. The number of hydrogen-bond acceptors (Lipinski definition) is 8. The van der Waals surface area contributed by atoms with E-state index < -0.39 is 6.09 Å². The fourth-order valence-corrected chi connectivity index (χ4v) is 5.42. The number of carboxylic acid groups (broad SMARTS) is 1. The second-order valence-corrected chi connectivity index (χ2v) is 11.0. The topological polar surface area (TPSA) is 128 Å². The third-order valence-electron chi connectivity index (χ3n) is 7.22. The summed E-state index contributed by atoms with van der Waals surface area (Å²) >= 11 is 3.51. The van der Waals surface area contributed by atoms with Crippen molar-refractivity contribution in [2.45, 2.75) is 19.3 Å². The minimum atomic E-state index is -0.930. The molecule has 41 heavy (non-hydrogen) atoms. The summed E-state index contributed by atoms with van der Waals surface area (Å²) in [5.74, 6) is 0.990. The maximum atomic E-state index is 13.1. The number of carbonyl (C=O) groups is 2. The largest absolute Gasteiger partial charge is 0.491 e. The normalized spacial score (nSPS) is 17.1. The molecule has 0 radical (unpaired) electrons. The van der Waals surface area contributed by atoms with Crippen molar-refractivity contribution in [1.82, 2.24) is 9.80 Å². The van der Waals surface area contributed by atoms with Crippen LogP contribution in [0.5, 0.6) is 5.75 Å². The molecule has 3 heterocycles. The van der Waals surface area contributed by atoms with Crippen LogP contribution in [-0.2, 0) is 9.53 Å². The van der Waals surface area contributed by atoms with Gasteiger partial charge in [0.15, 0.2) is 0 Å². The number of carbonyl (C=O) groups excluding carboxylic acids is 1. The van der Waals surface area contributed by atoms with E-state index in [2.05, 4.69) is 41.8 Å². The minimum absolute atomic E-state index is 0.274. The van der Waals surface area contributed by atoms with Gasteiger partial charge in [-0.25, -0.2) is 9.79 Å². The summed E-state index contributed by atoms with van der Waals surface area (Å²) in [6.07, 6.45) is 2.56. The van der Waals surface area contributed by atoms with Crippen LogP contribution in [-0.4, -0.2) is 92.0 Å². The predicted octanol–water partition coefficient (Wildman–Crippen LogP) is 4.43. The van der Waals surface area contributed by atoms with E-state index in [1.807, 2.05) is 36.4 Å². The van der Waals surface area contributed by atoms with Crippen LogP contribution < -0.4 is 20.7 Å². The molecule has 2 aromatic carbocycles. The molecule has 3 aliphatic rings. The zero-order chi connectivity index (χ0) is 28.6. The molecule has 0 spiro atoms. The van der Waals surface area contributed by atoms with Gasteiger partial charge < -0.3 is 35.4 Å². The number of nitrogens with one attached hydrogen (secondary N) is 3. The first-order valence-corrected chi connectivity index (χ1v) is 14.6. The first-order valence-electron chi connectivity index (χ1n) is 13.8. The number of benzene rings is 2. The van der Waals surface area contributed by atoms with Crippen LogP contribution in [0.25, 0.3) is 0 Å². The van der Waals surface area contributed by atoms with E-state index in [9.17, 15) is 14.7 Å². The Morgan fingerprint density at radius 2 is 1.95 bits per heavy atom. The molecule has 4 N–H and O–H groups in total. The van der Waals surface area contributed by atoms with Gasteiger partial charge in [0, 0.05) is 60.6 Å². The first kappa shape index (κ1) is 28.9. The van der Waals surface area contributed by atoms with Crippen LogP contribution in [0.1, 0.15) is 24.8 Å². The van der Waals surface area contributed by atoms with Crippen molar-refractivity contribution >= 4 is 50.8 Å². The Balaban J connectivity index is 1.32. The van der Waals surface area contributed by atoms with Crippen molar-refractivity contribution in [3.63, 3.8) is 0 Å². The van der Waals surface area contributed by atoms with Crippen LogP contribution in [0, 0.1) is 0 Å². The Kier molecular flexibility index (Phi) is 9.75. The Morgan fingerprint density at radius 3 is 2.71 bits per heavy atom. The van der Waals surface area contributed by atoms with Crippen LogP contribution in [0.2, 0.25) is 0 Å². The molecule has 0 atom stereocenters. The number of halogens is 1. The molecule has 218 valence electrons. The quantitative estimate of drug-likeness (QED) is 0.250. The molecule has 2 saturated heterocycles. The van der Waals surface area contributed by atoms with Gasteiger partial charge in [-0.3, -0.25) is 9.69 Å². The van der Waals surface area contributed by atoms with E-state index in [1.54, 1.807) is 6.08 Å². The molecule has 0 aliphatic carbocycles. The van der Waals surface area contributed by atoms with Crippen LogP contribution in [0.15, 0.2) is 57.5 Å². The van der Waals surface area contributed by atoms with Crippen molar-refractivity contribution < 1.29 is 24.2 Å². The molecular formula is C29H35BrN6O5. The van der Waals surface area contributed by atoms with Gasteiger partial charge in [0.25, 0.3) is 0 Å². The number of nitrogens with zero attached hydrogens (tertiary/aromatic N) is 3. The lowest BCUT2D eigenvalue weighted by molar-refractivity contribution is -0.112. The van der Waals surface area contributed by atoms with Gasteiger partial charge in [-0.2, -0.15) is 0 Å². The van der Waals surface area contributed by atoms with E-state index in [-0.39, 0.29) is 5.91 Å². The van der Waals surface area contributed by atoms with Crippen LogP contribution in [0.4, 0.5) is 21.9 Å². The van der Waals surface area contributed by atoms with E-state index in [0.717, 1.165) is 66.3 Å². The number of piperidine rings is 1. The summed E-state index contributed by atoms with van der Waals surface area (Å²) in [6, 6.07) is 11.6. The number of anilines is 3. The molecule has 2 aromatic rings. The van der Waals surface area contributed by atoms with Crippen molar-refractivity contribution in [2.24, 2.45) is 4.99 Å². The van der Waals surface area contributed by atoms with Crippen LogP contribution in [0.3, 0.4) is 0 Å². The van der Waals surface area contributed by atoms with E-state index in [1.165, 1.54) is 4.90 Å². The Labute approximate surface area is 247 Å². The van der Waals surface area contributed by atoms with Gasteiger partial charge in [-0.05, 0) is 43.5 Å². The lowest BCUT2D eigenvalue weighted by atomic mass is 10.0. The SMILES string of the molecule is O=C(C=C1CCN(C(=O)O)CC1)Nc1cc2c(cc1OCCCN1CCOCC1)NCN=C2Nc1cccc(Br)c1. The number of hydrogen-bond donors (Lipinski definition) is 4. The van der Waals surface area contributed by atoms with Crippen molar-refractivity contribution in [3.8, 4) is 5.75 Å². The molecule has 0 aromatic heterocycles. The second-order valence-electron chi connectivity index (χ2n) is 10.1. The van der Waals surface area contributed by atoms with Gasteiger partial charge in [-0.1, -0.05) is 27.6 Å². The number of rotatable bonds is 8. The average Bonchev–Trinajstić information content (AvgIpc) is 2.96. The van der Waals surface area contributed by atoms with Gasteiger partial charge >= 0.3 is 6.09 Å². The zero-order valence-corrected chi connectivity index (χ0v) is 24.4. The maximum Gasteiger partial charge on any atom is 0.407 e. The fraction of sp³-hybridized carbons (Fsp3) is 0.414. The van der Waals surface area contributed by atoms with Gasteiger partial charge in [0.2, 0.25) is 5.91 Å². The predicted molar refractivity (Wildman–Crippen MR) is 162 cm³/mol. The summed E-state index contributed by atoms with van der Waals surface area (Å²) < 4.78 is 12.6. The fourth-order valence-electron chi connectivity index (χ4n) is 5.02. The van der Waals surface area contributed by atoms with Crippen LogP contribution >= 0.6 is 15.9 Å². The average molecular weight is 628 g/mol. The van der Waals surface area contributed by atoms with Gasteiger partial charge in [0.05, 0.1) is 31.2 Å². The molecule has 2 fully saturated rings. The molecule has 0 unspecified atom stereocenters. The number of morpholine rings is 1. The number of amidine groups is 1. The smallest absolute Gasteiger partial charge is 0.407 e. The van der Waals surface area contributed by atoms with Crippen molar-refractivity contribution in [2.75, 3.05) is 75.2 Å². The molecule has 11 nitrogen and oxygen atoms in total. The highest BCUT2D eigenvalue weighted by molar-refractivity contribution is 9.10. The Bertz CT molecular complexity index is 1320. The summed E-state index contributed by atoms with van der Waals surface area (Å²) in [5.41, 5.74) is 4.03. The highest BCUT2D eigenvalue weighted by atomic mass is 79.9. The van der Waals surface area contributed by atoms with Gasteiger partial charge in [-0.15, -0.1) is 0 Å². The second kappa shape index (κ2) is 13.8. The Hall–Kier alpha value is -3.61. The van der Waals surface area contributed by atoms with E-state index >= 15 is 0 Å². The number of fused-ring (bicyclic) bond motifs is 1. The molecule has 0 bridgehead atoms. The van der Waals surface area contributed by atoms with Crippen molar-refractivity contribution in [1.29, 1.82) is 0 Å². The number of aliphatic imine (C=N–C) groups is 1. The third-order valence-corrected chi connectivity index (χ3v) is 7.71. The standard InChI is InChI=1S/C29H35BrN6O5/c30-21-3-1-4-22(16-21)33-28-23-17-25(34-27(37)15-20-5-8-36(9-6-20)29(38)39)26(18-24(23)31-19-32-28)41-12-2-7-35-10-13-40-14-11-35/h1,3-4,15-18,31H,2,5-14,19H2,(H,32,33)(H,34,37)(H,38,39). The highest BCUT2D eigenvalue weighted by Gasteiger charge is 2.21. The molecular weight excluding hydrogens is 592 g/mol. The third kappa shape index (κ3) is 7.99. The van der Waals surface area contributed by atoms with Gasteiger partial charge in [0.1, 0.15) is 18.3 Å². The molecule has 2 amide bonds. The molecule has 5 rings (SSSR count). The number of likely N-dealkylation sites (tertiary alicyclic amines) is 1. The summed E-state index contributed by atoms with van der Waals surface area (Å²) in [7, 11) is 0. The number of amides is 2. The Morgan fingerprint density at radius 1 is 1.15 bits per heavy atom. The summed E-state index contributed by atoms with van der Waals surface area (Å²) in [6.45, 7) is 5.97.